The molecule has 0 bridgehead atoms. The molecule has 1 saturated carbocycles. The van der Waals surface area contributed by atoms with Crippen molar-refractivity contribution in [3.05, 3.63) is 53.3 Å². The van der Waals surface area contributed by atoms with Crippen molar-refractivity contribution in [2.75, 3.05) is 5.32 Å². The Morgan fingerprint density at radius 1 is 1.12 bits per heavy atom. The van der Waals surface area contributed by atoms with Gasteiger partial charge >= 0.3 is 0 Å². The van der Waals surface area contributed by atoms with E-state index in [0.29, 0.717) is 11.6 Å². The summed E-state index contributed by atoms with van der Waals surface area (Å²) >= 11 is 0. The maximum atomic E-state index is 12.5. The van der Waals surface area contributed by atoms with Gasteiger partial charge < -0.3 is 10.6 Å². The molecule has 0 aliphatic heterocycles. The quantitative estimate of drug-likeness (QED) is 0.870. The lowest BCUT2D eigenvalue weighted by Crippen LogP contribution is -2.36. The normalized spacial score (nSPS) is 15.1. The van der Waals surface area contributed by atoms with Crippen molar-refractivity contribution < 1.29 is 4.79 Å². The van der Waals surface area contributed by atoms with Crippen LogP contribution in [0.15, 0.2) is 36.7 Å². The molecule has 0 radical (unpaired) electrons. The van der Waals surface area contributed by atoms with E-state index in [1.807, 2.05) is 18.2 Å². The summed E-state index contributed by atoms with van der Waals surface area (Å²) in [6.07, 6.45) is 9.24. The van der Waals surface area contributed by atoms with Gasteiger partial charge in [-0.25, -0.2) is 0 Å². The highest BCUT2D eigenvalue weighted by Gasteiger charge is 2.17. The van der Waals surface area contributed by atoms with Gasteiger partial charge in [0.25, 0.3) is 5.91 Å². The smallest absolute Gasteiger partial charge is 0.253 e. The molecule has 1 aliphatic carbocycles. The Morgan fingerprint density at radius 3 is 2.71 bits per heavy atom. The van der Waals surface area contributed by atoms with Crippen LogP contribution in [0.2, 0.25) is 0 Å². The first-order valence-electron chi connectivity index (χ1n) is 8.72. The number of carbonyl (C=O) groups excluding carboxylic acids is 1. The number of nitrogens with zero attached hydrogens (tertiary/aromatic N) is 1. The number of carbonyl (C=O) groups is 1. The van der Waals surface area contributed by atoms with Crippen LogP contribution in [0.1, 0.15) is 53.6 Å². The summed E-state index contributed by atoms with van der Waals surface area (Å²) in [6.45, 7) is 4.18. The zero-order valence-electron chi connectivity index (χ0n) is 14.4. The number of benzene rings is 1. The second kappa shape index (κ2) is 7.47. The van der Waals surface area contributed by atoms with Gasteiger partial charge in [-0.3, -0.25) is 9.78 Å². The second-order valence-corrected chi connectivity index (χ2v) is 6.64. The minimum absolute atomic E-state index is 0.0287. The predicted octanol–water partition coefficient (Wildman–Crippen LogP) is 4.50. The first-order valence-corrected chi connectivity index (χ1v) is 8.72. The summed E-state index contributed by atoms with van der Waals surface area (Å²) in [4.78, 5) is 16.7. The molecule has 1 aliphatic rings. The number of aromatic nitrogens is 1. The van der Waals surface area contributed by atoms with Crippen molar-refractivity contribution in [3.63, 3.8) is 0 Å². The maximum Gasteiger partial charge on any atom is 0.253 e. The number of rotatable bonds is 4. The number of pyridine rings is 1. The number of aryl methyl sites for hydroxylation is 1. The third-order valence-corrected chi connectivity index (χ3v) is 4.82. The van der Waals surface area contributed by atoms with Gasteiger partial charge in [-0.2, -0.15) is 0 Å². The third-order valence-electron chi connectivity index (χ3n) is 4.82. The molecule has 1 aromatic heterocycles. The fourth-order valence-electron chi connectivity index (χ4n) is 3.19. The Hall–Kier alpha value is -2.36. The molecule has 3 rings (SSSR count). The zero-order chi connectivity index (χ0) is 16.9. The summed E-state index contributed by atoms with van der Waals surface area (Å²) in [5, 5.41) is 6.51. The van der Waals surface area contributed by atoms with E-state index in [4.69, 9.17) is 0 Å². The monoisotopic (exact) mass is 323 g/mol. The van der Waals surface area contributed by atoms with Crippen LogP contribution in [0, 0.1) is 13.8 Å². The van der Waals surface area contributed by atoms with Gasteiger partial charge in [-0.05, 0) is 49.9 Å². The summed E-state index contributed by atoms with van der Waals surface area (Å²) in [7, 11) is 0. The summed E-state index contributed by atoms with van der Waals surface area (Å²) in [5.41, 5.74) is 4.92. The molecule has 2 aromatic rings. The van der Waals surface area contributed by atoms with Crippen molar-refractivity contribution >= 4 is 17.3 Å². The first kappa shape index (κ1) is 16.5. The van der Waals surface area contributed by atoms with E-state index in [1.54, 1.807) is 12.4 Å². The lowest BCUT2D eigenvalue weighted by molar-refractivity contribution is 0.0927. The topological polar surface area (TPSA) is 54.0 Å². The molecule has 1 fully saturated rings. The van der Waals surface area contributed by atoms with Gasteiger partial charge in [0.15, 0.2) is 0 Å². The number of hydrogen-bond donors (Lipinski definition) is 2. The Kier molecular flexibility index (Phi) is 5.14. The predicted molar refractivity (Wildman–Crippen MR) is 97.8 cm³/mol. The van der Waals surface area contributed by atoms with Gasteiger partial charge in [-0.15, -0.1) is 0 Å². The third kappa shape index (κ3) is 3.94. The minimum Gasteiger partial charge on any atom is -0.354 e. The van der Waals surface area contributed by atoms with E-state index in [2.05, 4.69) is 35.5 Å². The van der Waals surface area contributed by atoms with E-state index < -0.39 is 0 Å². The molecule has 0 unspecified atom stereocenters. The van der Waals surface area contributed by atoms with Gasteiger partial charge in [-0.1, -0.05) is 31.4 Å². The molecule has 0 atom stereocenters. The number of nitrogens with one attached hydrogen (secondary N) is 2. The van der Waals surface area contributed by atoms with Gasteiger partial charge in [0, 0.05) is 17.9 Å². The lowest BCUT2D eigenvalue weighted by atomic mass is 9.95. The standard InChI is InChI=1S/C20H25N3O/c1-14-7-6-10-19(15(14)2)22-18-11-16(12-21-13-18)20(24)23-17-8-4-3-5-9-17/h6-7,10-13,17,22H,3-5,8-9H2,1-2H3,(H,23,24). The summed E-state index contributed by atoms with van der Waals surface area (Å²) in [5.74, 6) is -0.0287. The SMILES string of the molecule is Cc1cccc(Nc2cncc(C(=O)NC3CCCCC3)c2)c1C. The Morgan fingerprint density at radius 2 is 1.92 bits per heavy atom. The fraction of sp³-hybridized carbons (Fsp3) is 0.400. The average Bonchev–Trinajstić information content (AvgIpc) is 2.60. The molecule has 0 saturated heterocycles. The van der Waals surface area contributed by atoms with Gasteiger partial charge in [0.2, 0.25) is 0 Å². The van der Waals surface area contributed by atoms with E-state index in [1.165, 1.54) is 30.4 Å². The molecule has 1 amide bonds. The van der Waals surface area contributed by atoms with Crippen LogP contribution in [0.4, 0.5) is 11.4 Å². The van der Waals surface area contributed by atoms with E-state index in [9.17, 15) is 4.79 Å². The molecule has 1 heterocycles. The van der Waals surface area contributed by atoms with E-state index in [0.717, 1.165) is 24.2 Å². The average molecular weight is 323 g/mol. The Balaban J connectivity index is 1.71. The number of hydrogen-bond acceptors (Lipinski definition) is 3. The summed E-state index contributed by atoms with van der Waals surface area (Å²) < 4.78 is 0. The molecule has 1 aromatic carbocycles. The highest BCUT2D eigenvalue weighted by molar-refractivity contribution is 5.95. The van der Waals surface area contributed by atoms with Gasteiger partial charge in [0.1, 0.15) is 0 Å². The first-order chi connectivity index (χ1) is 11.6. The maximum absolute atomic E-state index is 12.5. The van der Waals surface area contributed by atoms with Crippen molar-refractivity contribution in [2.24, 2.45) is 0 Å². The molecule has 2 N–H and O–H groups in total. The molecule has 4 heteroatoms. The molecule has 0 spiro atoms. The van der Waals surface area contributed by atoms with Crippen molar-refractivity contribution in [1.29, 1.82) is 0 Å². The second-order valence-electron chi connectivity index (χ2n) is 6.64. The van der Waals surface area contributed by atoms with Crippen molar-refractivity contribution in [3.8, 4) is 0 Å². The Bertz CT molecular complexity index is 721. The molecular weight excluding hydrogens is 298 g/mol. The molecule has 126 valence electrons. The summed E-state index contributed by atoms with van der Waals surface area (Å²) in [6, 6.07) is 8.33. The zero-order valence-corrected chi connectivity index (χ0v) is 14.4. The van der Waals surface area contributed by atoms with Crippen LogP contribution >= 0.6 is 0 Å². The van der Waals surface area contributed by atoms with Crippen LogP contribution in [0.25, 0.3) is 0 Å². The van der Waals surface area contributed by atoms with Crippen molar-refractivity contribution in [2.45, 2.75) is 52.0 Å². The molecule has 4 nitrogen and oxygen atoms in total. The highest BCUT2D eigenvalue weighted by Crippen LogP contribution is 2.23. The van der Waals surface area contributed by atoms with E-state index in [-0.39, 0.29) is 5.91 Å². The van der Waals surface area contributed by atoms with Crippen molar-refractivity contribution in [1.82, 2.24) is 10.3 Å². The Labute approximate surface area is 143 Å². The van der Waals surface area contributed by atoms with Gasteiger partial charge in [0.05, 0.1) is 17.4 Å². The van der Waals surface area contributed by atoms with Crippen LogP contribution < -0.4 is 10.6 Å². The lowest BCUT2D eigenvalue weighted by Gasteiger charge is -2.22. The number of anilines is 2. The van der Waals surface area contributed by atoms with Crippen LogP contribution in [-0.4, -0.2) is 16.9 Å². The van der Waals surface area contributed by atoms with E-state index >= 15 is 0 Å². The van der Waals surface area contributed by atoms with Crippen LogP contribution in [-0.2, 0) is 0 Å². The van der Waals surface area contributed by atoms with Crippen LogP contribution in [0.5, 0.6) is 0 Å². The fourth-order valence-corrected chi connectivity index (χ4v) is 3.19. The number of amides is 1. The molecule has 24 heavy (non-hydrogen) atoms. The largest absolute Gasteiger partial charge is 0.354 e. The minimum atomic E-state index is -0.0287. The van der Waals surface area contributed by atoms with Crippen LogP contribution in [0.3, 0.4) is 0 Å². The molecular formula is C20H25N3O. The highest BCUT2D eigenvalue weighted by atomic mass is 16.1.